The van der Waals surface area contributed by atoms with Gasteiger partial charge in [-0.2, -0.15) is 0 Å². The fourth-order valence-electron chi connectivity index (χ4n) is 2.64. The van der Waals surface area contributed by atoms with Crippen molar-refractivity contribution in [2.45, 2.75) is 6.04 Å². The lowest BCUT2D eigenvalue weighted by molar-refractivity contribution is 0.177. The van der Waals surface area contributed by atoms with Crippen LogP contribution in [-0.4, -0.2) is 31.1 Å². The molecule has 3 nitrogen and oxygen atoms in total. The number of piperazine rings is 1. The highest BCUT2D eigenvalue weighted by atomic mass is 127. The second kappa shape index (κ2) is 6.24. The van der Waals surface area contributed by atoms with Gasteiger partial charge in [0.25, 0.3) is 0 Å². The average molecular weight is 386 g/mol. The molecule has 1 fully saturated rings. The molecular formula is C15H16FIN2O. The van der Waals surface area contributed by atoms with Crippen LogP contribution in [0.15, 0.2) is 41.0 Å². The van der Waals surface area contributed by atoms with Gasteiger partial charge in [0.15, 0.2) is 0 Å². The first kappa shape index (κ1) is 14.0. The second-order valence-corrected chi connectivity index (χ2v) is 6.12. The van der Waals surface area contributed by atoms with Crippen molar-refractivity contribution in [1.82, 2.24) is 10.2 Å². The van der Waals surface area contributed by atoms with E-state index in [0.717, 1.165) is 35.5 Å². The smallest absolute Gasteiger partial charge is 0.128 e. The molecule has 0 amide bonds. The number of nitrogens with zero attached hydrogens (tertiary/aromatic N) is 1. The van der Waals surface area contributed by atoms with Crippen molar-refractivity contribution in [3.05, 3.63) is 57.3 Å². The van der Waals surface area contributed by atoms with E-state index < -0.39 is 0 Å². The lowest BCUT2D eigenvalue weighted by Crippen LogP contribution is -2.45. The van der Waals surface area contributed by atoms with Gasteiger partial charge >= 0.3 is 0 Å². The van der Waals surface area contributed by atoms with Crippen LogP contribution >= 0.6 is 22.6 Å². The van der Waals surface area contributed by atoms with E-state index in [4.69, 9.17) is 4.42 Å². The van der Waals surface area contributed by atoms with Crippen molar-refractivity contribution in [2.24, 2.45) is 0 Å². The van der Waals surface area contributed by atoms with E-state index in [0.29, 0.717) is 5.56 Å². The van der Waals surface area contributed by atoms with Crippen LogP contribution in [-0.2, 0) is 0 Å². The summed E-state index contributed by atoms with van der Waals surface area (Å²) in [6.07, 6.45) is 1.65. The highest BCUT2D eigenvalue weighted by Crippen LogP contribution is 2.31. The van der Waals surface area contributed by atoms with E-state index in [-0.39, 0.29) is 11.9 Å². The molecule has 1 aromatic heterocycles. The molecule has 1 aliphatic heterocycles. The standard InChI is InChI=1S/C15H16FIN2O/c16-13-4-3-11(17)10-12(13)15(14-2-1-9-20-14)19-7-5-18-6-8-19/h1-4,9-10,15,18H,5-8H2/t15-/m0/s1. The molecule has 3 rings (SSSR count). The molecule has 0 unspecified atom stereocenters. The van der Waals surface area contributed by atoms with Crippen LogP contribution in [0.5, 0.6) is 0 Å². The molecular weight excluding hydrogens is 370 g/mol. The van der Waals surface area contributed by atoms with Crippen molar-refractivity contribution in [2.75, 3.05) is 26.2 Å². The van der Waals surface area contributed by atoms with Gasteiger partial charge < -0.3 is 9.73 Å². The Morgan fingerprint density at radius 1 is 1.25 bits per heavy atom. The molecule has 106 valence electrons. The summed E-state index contributed by atoms with van der Waals surface area (Å²) < 4.78 is 20.9. The van der Waals surface area contributed by atoms with Gasteiger partial charge in [0, 0.05) is 35.3 Å². The third kappa shape index (κ3) is 2.89. The van der Waals surface area contributed by atoms with E-state index in [9.17, 15) is 4.39 Å². The Hall–Kier alpha value is -0.920. The minimum atomic E-state index is -0.176. The zero-order valence-corrected chi connectivity index (χ0v) is 13.1. The van der Waals surface area contributed by atoms with Crippen molar-refractivity contribution in [3.8, 4) is 0 Å². The maximum absolute atomic E-state index is 14.3. The summed E-state index contributed by atoms with van der Waals surface area (Å²) in [6.45, 7) is 3.61. The lowest BCUT2D eigenvalue weighted by atomic mass is 10.0. The second-order valence-electron chi connectivity index (χ2n) is 4.87. The Morgan fingerprint density at radius 3 is 2.75 bits per heavy atom. The maximum Gasteiger partial charge on any atom is 0.128 e. The monoisotopic (exact) mass is 386 g/mol. The quantitative estimate of drug-likeness (QED) is 0.823. The summed E-state index contributed by atoms with van der Waals surface area (Å²) in [5, 5.41) is 3.32. The van der Waals surface area contributed by atoms with Crippen LogP contribution in [0.4, 0.5) is 4.39 Å². The molecule has 1 aliphatic rings. The fraction of sp³-hybridized carbons (Fsp3) is 0.333. The number of benzene rings is 1. The largest absolute Gasteiger partial charge is 0.467 e. The normalized spacial score (nSPS) is 18.1. The topological polar surface area (TPSA) is 28.4 Å². The van der Waals surface area contributed by atoms with Gasteiger partial charge in [-0.25, -0.2) is 4.39 Å². The Bertz CT molecular complexity index is 567. The molecule has 1 N–H and O–H groups in total. The highest BCUT2D eigenvalue weighted by molar-refractivity contribution is 14.1. The summed E-state index contributed by atoms with van der Waals surface area (Å²) in [6, 6.07) is 8.86. The number of rotatable bonds is 3. The van der Waals surface area contributed by atoms with Crippen LogP contribution in [0.25, 0.3) is 0 Å². The third-order valence-corrected chi connectivity index (χ3v) is 4.25. The molecule has 0 aliphatic carbocycles. The molecule has 0 bridgehead atoms. The molecule has 1 saturated heterocycles. The Kier molecular flexibility index (Phi) is 4.38. The number of halogens is 2. The summed E-state index contributed by atoms with van der Waals surface area (Å²) in [5.74, 6) is 0.623. The number of hydrogen-bond donors (Lipinski definition) is 1. The Labute approximate surface area is 131 Å². The summed E-state index contributed by atoms with van der Waals surface area (Å²) >= 11 is 2.22. The van der Waals surface area contributed by atoms with Crippen molar-refractivity contribution in [3.63, 3.8) is 0 Å². The van der Waals surface area contributed by atoms with E-state index >= 15 is 0 Å². The first-order valence-electron chi connectivity index (χ1n) is 6.69. The minimum Gasteiger partial charge on any atom is -0.467 e. The number of hydrogen-bond acceptors (Lipinski definition) is 3. The molecule has 2 heterocycles. The van der Waals surface area contributed by atoms with Crippen LogP contribution in [0.2, 0.25) is 0 Å². The zero-order chi connectivity index (χ0) is 13.9. The average Bonchev–Trinajstić information content (AvgIpc) is 2.98. The van der Waals surface area contributed by atoms with Gasteiger partial charge in [0.1, 0.15) is 11.6 Å². The van der Waals surface area contributed by atoms with Crippen LogP contribution < -0.4 is 5.32 Å². The summed E-state index contributed by atoms with van der Waals surface area (Å²) in [7, 11) is 0. The van der Waals surface area contributed by atoms with Crippen molar-refractivity contribution in [1.29, 1.82) is 0 Å². The van der Waals surface area contributed by atoms with Crippen LogP contribution in [0, 0.1) is 9.39 Å². The lowest BCUT2D eigenvalue weighted by Gasteiger charge is -2.34. The third-order valence-electron chi connectivity index (χ3n) is 3.58. The van der Waals surface area contributed by atoms with Crippen LogP contribution in [0.3, 0.4) is 0 Å². The molecule has 1 aromatic carbocycles. The number of nitrogens with one attached hydrogen (secondary N) is 1. The molecule has 5 heteroatoms. The van der Waals surface area contributed by atoms with E-state index in [2.05, 4.69) is 32.8 Å². The minimum absolute atomic E-state index is 0.151. The first-order chi connectivity index (χ1) is 9.75. The molecule has 0 saturated carbocycles. The van der Waals surface area contributed by atoms with E-state index in [1.807, 2.05) is 18.2 Å². The van der Waals surface area contributed by atoms with Crippen molar-refractivity contribution < 1.29 is 8.81 Å². The van der Waals surface area contributed by atoms with Gasteiger partial charge in [-0.05, 0) is 52.9 Å². The fourth-order valence-corrected chi connectivity index (χ4v) is 3.16. The van der Waals surface area contributed by atoms with Gasteiger partial charge in [-0.15, -0.1) is 0 Å². The van der Waals surface area contributed by atoms with E-state index in [1.54, 1.807) is 12.3 Å². The van der Waals surface area contributed by atoms with E-state index in [1.165, 1.54) is 6.07 Å². The van der Waals surface area contributed by atoms with Crippen LogP contribution in [0.1, 0.15) is 17.4 Å². The van der Waals surface area contributed by atoms with Gasteiger partial charge in [-0.1, -0.05) is 0 Å². The van der Waals surface area contributed by atoms with Gasteiger partial charge in [0.2, 0.25) is 0 Å². The number of furan rings is 1. The molecule has 20 heavy (non-hydrogen) atoms. The van der Waals surface area contributed by atoms with Gasteiger partial charge in [0.05, 0.1) is 12.3 Å². The zero-order valence-electron chi connectivity index (χ0n) is 11.0. The molecule has 1 atom stereocenters. The van der Waals surface area contributed by atoms with Gasteiger partial charge in [-0.3, -0.25) is 4.90 Å². The van der Waals surface area contributed by atoms with Crippen molar-refractivity contribution >= 4 is 22.6 Å². The predicted octanol–water partition coefficient (Wildman–Crippen LogP) is 3.02. The molecule has 2 aromatic rings. The summed E-state index contributed by atoms with van der Waals surface area (Å²) in [4.78, 5) is 2.27. The summed E-state index contributed by atoms with van der Waals surface area (Å²) in [5.41, 5.74) is 0.689. The Balaban J connectivity index is 2.02. The first-order valence-corrected chi connectivity index (χ1v) is 7.77. The maximum atomic E-state index is 14.3. The predicted molar refractivity (Wildman–Crippen MR) is 84.1 cm³/mol. The molecule has 0 spiro atoms. The highest BCUT2D eigenvalue weighted by Gasteiger charge is 2.28. The molecule has 0 radical (unpaired) electrons. The SMILES string of the molecule is Fc1ccc(I)cc1[C@@H](c1ccco1)N1CCNCC1. The Morgan fingerprint density at radius 2 is 2.05 bits per heavy atom.